The molecule has 5 heteroatoms. The smallest absolute Gasteiger partial charge is 0.303 e. The van der Waals surface area contributed by atoms with E-state index in [0.717, 1.165) is 51.1 Å². The van der Waals surface area contributed by atoms with E-state index in [1.807, 2.05) is 0 Å². The number of rotatable bonds is 13. The van der Waals surface area contributed by atoms with E-state index in [1.165, 1.54) is 38.5 Å². The van der Waals surface area contributed by atoms with E-state index >= 15 is 0 Å². The predicted molar refractivity (Wildman–Crippen MR) is 114 cm³/mol. The molecule has 1 saturated heterocycles. The minimum absolute atomic E-state index is 0.121. The van der Waals surface area contributed by atoms with Crippen LogP contribution in [0.4, 0.5) is 0 Å². The zero-order valence-electron chi connectivity index (χ0n) is 17.2. The fraction of sp³-hybridized carbons (Fsp3) is 0.870. The molecule has 4 nitrogen and oxygen atoms in total. The maximum atomic E-state index is 10.9. The van der Waals surface area contributed by atoms with Gasteiger partial charge in [0.15, 0.2) is 0 Å². The Bertz CT molecular complexity index is 530. The van der Waals surface area contributed by atoms with Crippen LogP contribution in [-0.4, -0.2) is 51.7 Å². The molecule has 0 aromatic rings. The van der Waals surface area contributed by atoms with Crippen molar-refractivity contribution in [3.05, 3.63) is 12.2 Å². The molecule has 1 aliphatic heterocycles. The van der Waals surface area contributed by atoms with E-state index in [-0.39, 0.29) is 23.3 Å². The number of carbonyl (C=O) groups is 1. The first-order chi connectivity index (χ1) is 13.5. The molecular formula is C23H38ClNO3. The third kappa shape index (κ3) is 6.21. The molecule has 3 rings (SSSR count). The summed E-state index contributed by atoms with van der Waals surface area (Å²) in [5, 5.41) is 19.7. The van der Waals surface area contributed by atoms with E-state index in [1.54, 1.807) is 0 Å². The van der Waals surface area contributed by atoms with Crippen LogP contribution in [0.3, 0.4) is 0 Å². The lowest BCUT2D eigenvalue weighted by molar-refractivity contribution is -0.137. The van der Waals surface area contributed by atoms with Gasteiger partial charge in [-0.2, -0.15) is 0 Å². The maximum Gasteiger partial charge on any atom is 0.303 e. The number of halogens is 1. The second kappa shape index (κ2) is 10.4. The molecular weight excluding hydrogens is 374 g/mol. The number of nitrogens with zero attached hydrogens (tertiary/aromatic N) is 1. The Labute approximate surface area is 175 Å². The normalized spacial score (nSPS) is 28.5. The second-order valence-electron chi connectivity index (χ2n) is 9.42. The summed E-state index contributed by atoms with van der Waals surface area (Å²) in [6.45, 7) is 2.08. The molecule has 3 fully saturated rings. The van der Waals surface area contributed by atoms with Gasteiger partial charge in [0.1, 0.15) is 0 Å². The van der Waals surface area contributed by atoms with Crippen molar-refractivity contribution in [2.45, 2.75) is 101 Å². The molecule has 0 bridgehead atoms. The molecule has 0 aromatic carbocycles. The Balaban J connectivity index is 1.36. The Morgan fingerprint density at radius 3 is 2.64 bits per heavy atom. The summed E-state index contributed by atoms with van der Waals surface area (Å²) >= 11 is 6.56. The molecule has 3 atom stereocenters. The molecule has 28 heavy (non-hydrogen) atoms. The summed E-state index contributed by atoms with van der Waals surface area (Å²) in [4.78, 5) is 13.1. The molecule has 2 saturated carbocycles. The van der Waals surface area contributed by atoms with Gasteiger partial charge < -0.3 is 10.2 Å². The summed E-state index contributed by atoms with van der Waals surface area (Å²) in [6, 6.07) is 0.374. The van der Waals surface area contributed by atoms with Gasteiger partial charge in [-0.25, -0.2) is 0 Å². The number of likely N-dealkylation sites (tertiary alicyclic amines) is 1. The summed E-state index contributed by atoms with van der Waals surface area (Å²) in [5.74, 6) is 0.177. The number of hydrogen-bond acceptors (Lipinski definition) is 3. The van der Waals surface area contributed by atoms with Gasteiger partial charge in [-0.1, -0.05) is 31.4 Å². The first-order valence-electron chi connectivity index (χ1n) is 11.4. The van der Waals surface area contributed by atoms with Gasteiger partial charge >= 0.3 is 5.97 Å². The quantitative estimate of drug-likeness (QED) is 0.255. The lowest BCUT2D eigenvalue weighted by atomic mass is 9.61. The van der Waals surface area contributed by atoms with Gasteiger partial charge in [0, 0.05) is 12.5 Å². The number of carboxylic acid groups (broad SMARTS) is 1. The number of alkyl halides is 1. The molecule has 0 radical (unpaired) electrons. The van der Waals surface area contributed by atoms with Gasteiger partial charge in [-0.15, -0.1) is 11.6 Å². The van der Waals surface area contributed by atoms with E-state index in [2.05, 4.69) is 17.1 Å². The van der Waals surface area contributed by atoms with Gasteiger partial charge in [0.05, 0.1) is 11.5 Å². The van der Waals surface area contributed by atoms with Crippen molar-refractivity contribution in [1.29, 1.82) is 0 Å². The van der Waals surface area contributed by atoms with Crippen molar-refractivity contribution in [2.75, 3.05) is 13.1 Å². The number of aliphatic carboxylic acids is 1. The minimum Gasteiger partial charge on any atom is -0.481 e. The van der Waals surface area contributed by atoms with Gasteiger partial charge in [0.2, 0.25) is 0 Å². The van der Waals surface area contributed by atoms with Crippen LogP contribution in [-0.2, 0) is 4.79 Å². The van der Waals surface area contributed by atoms with Crippen LogP contribution in [0.5, 0.6) is 0 Å². The van der Waals surface area contributed by atoms with Crippen LogP contribution in [0.25, 0.3) is 0 Å². The van der Waals surface area contributed by atoms with E-state index in [9.17, 15) is 9.90 Å². The molecule has 0 spiro atoms. The fourth-order valence-electron chi connectivity index (χ4n) is 5.17. The summed E-state index contributed by atoms with van der Waals surface area (Å²) in [7, 11) is 0. The third-order valence-corrected chi connectivity index (χ3v) is 7.76. The minimum atomic E-state index is -0.723. The topological polar surface area (TPSA) is 60.8 Å². The van der Waals surface area contributed by atoms with Crippen molar-refractivity contribution in [3.63, 3.8) is 0 Å². The van der Waals surface area contributed by atoms with Crippen LogP contribution in [0.1, 0.15) is 83.5 Å². The highest BCUT2D eigenvalue weighted by molar-refractivity contribution is 6.21. The summed E-state index contributed by atoms with van der Waals surface area (Å²) in [6.07, 6.45) is 17.6. The number of hydrogen-bond donors (Lipinski definition) is 2. The van der Waals surface area contributed by atoms with Crippen LogP contribution < -0.4 is 0 Å². The molecule has 2 N–H and O–H groups in total. The Hall–Kier alpha value is -0.580. The lowest BCUT2D eigenvalue weighted by Crippen LogP contribution is -2.42. The zero-order valence-corrected chi connectivity index (χ0v) is 18.0. The van der Waals surface area contributed by atoms with Crippen LogP contribution in [0, 0.1) is 11.3 Å². The fourth-order valence-corrected chi connectivity index (χ4v) is 5.53. The molecule has 2 unspecified atom stereocenters. The maximum absolute atomic E-state index is 10.9. The number of aliphatic hydroxyl groups is 1. The highest BCUT2D eigenvalue weighted by Crippen LogP contribution is 2.53. The highest BCUT2D eigenvalue weighted by atomic mass is 35.5. The summed E-state index contributed by atoms with van der Waals surface area (Å²) in [5.41, 5.74) is 0.249. The number of unbranched alkanes of at least 4 members (excludes halogenated alkanes) is 1. The van der Waals surface area contributed by atoms with Crippen LogP contribution >= 0.6 is 11.6 Å². The number of aliphatic hydroxyl groups excluding tert-OH is 1. The molecule has 2 aliphatic carbocycles. The third-order valence-electron chi connectivity index (χ3n) is 7.26. The average Bonchev–Trinajstić information content (AvgIpc) is 3.38. The van der Waals surface area contributed by atoms with Crippen molar-refractivity contribution >= 4 is 17.6 Å². The van der Waals surface area contributed by atoms with Crippen molar-refractivity contribution in [1.82, 2.24) is 4.90 Å². The first kappa shape index (κ1) is 22.1. The Kier molecular flexibility index (Phi) is 8.25. The van der Waals surface area contributed by atoms with Gasteiger partial charge in [-0.05, 0) is 82.2 Å². The predicted octanol–water partition coefficient (Wildman–Crippen LogP) is 4.98. The molecule has 1 heterocycles. The lowest BCUT2D eigenvalue weighted by Gasteiger charge is -2.46. The van der Waals surface area contributed by atoms with Crippen molar-refractivity contribution in [3.8, 4) is 0 Å². The van der Waals surface area contributed by atoms with Gasteiger partial charge in [-0.3, -0.25) is 9.69 Å². The zero-order chi connectivity index (χ0) is 20.0. The van der Waals surface area contributed by atoms with Crippen LogP contribution in [0.2, 0.25) is 0 Å². The Morgan fingerprint density at radius 2 is 2.00 bits per heavy atom. The monoisotopic (exact) mass is 411 g/mol. The second-order valence-corrected chi connectivity index (χ2v) is 9.98. The van der Waals surface area contributed by atoms with Gasteiger partial charge in [0.25, 0.3) is 0 Å². The average molecular weight is 412 g/mol. The number of allylic oxidation sites excluding steroid dienone is 1. The van der Waals surface area contributed by atoms with E-state index < -0.39 is 5.97 Å². The number of carboxylic acids is 1. The van der Waals surface area contributed by atoms with E-state index in [4.69, 9.17) is 16.7 Å². The Morgan fingerprint density at radius 1 is 1.21 bits per heavy atom. The molecule has 0 amide bonds. The summed E-state index contributed by atoms with van der Waals surface area (Å²) < 4.78 is 0. The van der Waals surface area contributed by atoms with Crippen LogP contribution in [0.15, 0.2) is 12.2 Å². The largest absolute Gasteiger partial charge is 0.481 e. The first-order valence-corrected chi connectivity index (χ1v) is 11.9. The highest BCUT2D eigenvalue weighted by Gasteiger charge is 2.46. The van der Waals surface area contributed by atoms with E-state index in [0.29, 0.717) is 12.5 Å². The van der Waals surface area contributed by atoms with Crippen molar-refractivity contribution < 1.29 is 15.0 Å². The molecule has 160 valence electrons. The molecule has 3 aliphatic rings. The van der Waals surface area contributed by atoms with Crippen molar-refractivity contribution in [2.24, 2.45) is 11.3 Å². The standard InChI is InChI=1S/C23H38ClNO3/c24-19-12-16-25(20(19)7-3-1-2-4-9-22(27)28)15-5-8-21(26)23(13-6-14-23)17-18-10-11-18/h1,3,18-21,26H,2,4-17H2,(H,27,28)/t19?,20-,21?/m0/s1. The SMILES string of the molecule is O=C(O)CCCC=CC[C@H]1C(Cl)CCN1CCCC(O)C1(CC2CC2)CCC1. The molecule has 0 aromatic heterocycles.